The van der Waals surface area contributed by atoms with Gasteiger partial charge in [0.05, 0.1) is 6.61 Å². The van der Waals surface area contributed by atoms with Gasteiger partial charge < -0.3 is 5.11 Å². The second kappa shape index (κ2) is 4.48. The summed E-state index contributed by atoms with van der Waals surface area (Å²) in [6, 6.07) is 5.68. The standard InChI is InChI=1S/C10H13ClO/c1-2-3-8-4-5-10(11)6-9(8)7-12/h4-6,12H,2-3,7H2,1H3. The minimum absolute atomic E-state index is 0.0793. The van der Waals surface area contributed by atoms with Crippen molar-refractivity contribution in [3.8, 4) is 0 Å². The molecule has 0 aliphatic carbocycles. The van der Waals surface area contributed by atoms with E-state index in [2.05, 4.69) is 6.92 Å². The Balaban J connectivity index is 2.94. The zero-order valence-electron chi connectivity index (χ0n) is 7.18. The van der Waals surface area contributed by atoms with E-state index in [-0.39, 0.29) is 6.61 Å². The van der Waals surface area contributed by atoms with Crippen LogP contribution in [0, 0.1) is 0 Å². The van der Waals surface area contributed by atoms with Crippen molar-refractivity contribution < 1.29 is 5.11 Å². The number of aliphatic hydroxyl groups excluding tert-OH is 1. The van der Waals surface area contributed by atoms with Gasteiger partial charge in [0.1, 0.15) is 0 Å². The van der Waals surface area contributed by atoms with Crippen molar-refractivity contribution in [1.82, 2.24) is 0 Å². The van der Waals surface area contributed by atoms with E-state index >= 15 is 0 Å². The third kappa shape index (κ3) is 2.23. The fraction of sp³-hybridized carbons (Fsp3) is 0.400. The molecule has 0 bridgehead atoms. The minimum atomic E-state index is 0.0793. The smallest absolute Gasteiger partial charge is 0.0685 e. The average Bonchev–Trinajstić information content (AvgIpc) is 2.08. The van der Waals surface area contributed by atoms with Crippen molar-refractivity contribution in [2.75, 3.05) is 0 Å². The van der Waals surface area contributed by atoms with Gasteiger partial charge in [-0.1, -0.05) is 31.0 Å². The summed E-state index contributed by atoms with van der Waals surface area (Å²) in [6.07, 6.45) is 2.10. The van der Waals surface area contributed by atoms with Crippen molar-refractivity contribution >= 4 is 11.6 Å². The quantitative estimate of drug-likeness (QED) is 0.766. The van der Waals surface area contributed by atoms with E-state index in [9.17, 15) is 0 Å². The highest BCUT2D eigenvalue weighted by atomic mass is 35.5. The third-order valence-corrected chi connectivity index (χ3v) is 2.09. The Morgan fingerprint density at radius 1 is 1.33 bits per heavy atom. The second-order valence-electron chi connectivity index (χ2n) is 2.82. The summed E-state index contributed by atoms with van der Waals surface area (Å²) >= 11 is 5.78. The Bertz CT molecular complexity index is 258. The molecule has 0 fully saturated rings. The third-order valence-electron chi connectivity index (χ3n) is 1.86. The maximum absolute atomic E-state index is 9.01. The number of halogens is 1. The predicted molar refractivity (Wildman–Crippen MR) is 51.4 cm³/mol. The Kier molecular flexibility index (Phi) is 3.57. The first-order valence-electron chi connectivity index (χ1n) is 4.16. The zero-order chi connectivity index (χ0) is 8.97. The lowest BCUT2D eigenvalue weighted by Gasteiger charge is -2.05. The predicted octanol–water partition coefficient (Wildman–Crippen LogP) is 2.78. The molecule has 0 aliphatic heterocycles. The molecular formula is C10H13ClO. The molecule has 0 amide bonds. The normalized spacial score (nSPS) is 10.2. The van der Waals surface area contributed by atoms with Gasteiger partial charge in [-0.25, -0.2) is 0 Å². The number of hydrogen-bond donors (Lipinski definition) is 1. The zero-order valence-corrected chi connectivity index (χ0v) is 7.93. The summed E-state index contributed by atoms with van der Waals surface area (Å²) in [5.74, 6) is 0. The van der Waals surface area contributed by atoms with E-state index in [1.165, 1.54) is 5.56 Å². The summed E-state index contributed by atoms with van der Waals surface area (Å²) in [5.41, 5.74) is 2.15. The molecule has 0 saturated heterocycles. The van der Waals surface area contributed by atoms with Gasteiger partial charge in [-0.2, -0.15) is 0 Å². The first kappa shape index (κ1) is 9.56. The summed E-state index contributed by atoms with van der Waals surface area (Å²) < 4.78 is 0. The van der Waals surface area contributed by atoms with E-state index in [1.54, 1.807) is 0 Å². The molecule has 0 radical (unpaired) electrons. The minimum Gasteiger partial charge on any atom is -0.392 e. The van der Waals surface area contributed by atoms with Crippen molar-refractivity contribution in [2.24, 2.45) is 0 Å². The van der Waals surface area contributed by atoms with Crippen LogP contribution in [0.1, 0.15) is 24.5 Å². The summed E-state index contributed by atoms with van der Waals surface area (Å²) in [4.78, 5) is 0. The van der Waals surface area contributed by atoms with E-state index in [0.29, 0.717) is 5.02 Å². The molecule has 0 aliphatic rings. The molecular weight excluding hydrogens is 172 g/mol. The van der Waals surface area contributed by atoms with Gasteiger partial charge in [0, 0.05) is 5.02 Å². The Labute approximate surface area is 78.0 Å². The van der Waals surface area contributed by atoms with E-state index in [4.69, 9.17) is 16.7 Å². The number of aryl methyl sites for hydroxylation is 1. The van der Waals surface area contributed by atoms with Crippen LogP contribution < -0.4 is 0 Å². The first-order chi connectivity index (χ1) is 5.77. The number of aliphatic hydroxyl groups is 1. The molecule has 1 aromatic rings. The van der Waals surface area contributed by atoms with Crippen molar-refractivity contribution in [3.63, 3.8) is 0 Å². The van der Waals surface area contributed by atoms with Crippen LogP contribution in [0.15, 0.2) is 18.2 Å². The molecule has 2 heteroatoms. The molecule has 0 aromatic heterocycles. The monoisotopic (exact) mass is 184 g/mol. The van der Waals surface area contributed by atoms with Gasteiger partial charge in [0.2, 0.25) is 0 Å². The maximum atomic E-state index is 9.01. The highest BCUT2D eigenvalue weighted by Crippen LogP contribution is 2.17. The maximum Gasteiger partial charge on any atom is 0.0685 e. The molecule has 1 nitrogen and oxygen atoms in total. The van der Waals surface area contributed by atoms with Gasteiger partial charge in [-0.3, -0.25) is 0 Å². The SMILES string of the molecule is CCCc1ccc(Cl)cc1CO. The number of hydrogen-bond acceptors (Lipinski definition) is 1. The van der Waals surface area contributed by atoms with Crippen LogP contribution in [0.4, 0.5) is 0 Å². The molecule has 66 valence electrons. The van der Waals surface area contributed by atoms with Crippen LogP contribution in [0.2, 0.25) is 5.02 Å². The lowest BCUT2D eigenvalue weighted by molar-refractivity contribution is 0.280. The Morgan fingerprint density at radius 3 is 2.67 bits per heavy atom. The van der Waals surface area contributed by atoms with E-state index in [0.717, 1.165) is 18.4 Å². The molecule has 0 atom stereocenters. The van der Waals surface area contributed by atoms with Gasteiger partial charge in [-0.15, -0.1) is 0 Å². The van der Waals surface area contributed by atoms with Gasteiger partial charge >= 0.3 is 0 Å². The van der Waals surface area contributed by atoms with Crippen molar-refractivity contribution in [3.05, 3.63) is 34.3 Å². The highest BCUT2D eigenvalue weighted by Gasteiger charge is 2.00. The summed E-state index contributed by atoms with van der Waals surface area (Å²) in [7, 11) is 0. The molecule has 0 unspecified atom stereocenters. The first-order valence-corrected chi connectivity index (χ1v) is 4.54. The fourth-order valence-corrected chi connectivity index (χ4v) is 1.45. The molecule has 12 heavy (non-hydrogen) atoms. The molecule has 0 heterocycles. The number of rotatable bonds is 3. The lowest BCUT2D eigenvalue weighted by Crippen LogP contribution is -1.93. The van der Waals surface area contributed by atoms with Crippen molar-refractivity contribution in [2.45, 2.75) is 26.4 Å². The topological polar surface area (TPSA) is 20.2 Å². The van der Waals surface area contributed by atoms with Crippen molar-refractivity contribution in [1.29, 1.82) is 0 Å². The summed E-state index contributed by atoms with van der Waals surface area (Å²) in [5, 5.41) is 9.70. The van der Waals surface area contributed by atoms with E-state index in [1.807, 2.05) is 18.2 Å². The molecule has 0 saturated carbocycles. The molecule has 1 N–H and O–H groups in total. The number of benzene rings is 1. The van der Waals surface area contributed by atoms with Crippen LogP contribution in [0.25, 0.3) is 0 Å². The fourth-order valence-electron chi connectivity index (χ4n) is 1.25. The van der Waals surface area contributed by atoms with Crippen LogP contribution in [-0.2, 0) is 13.0 Å². The summed E-state index contributed by atoms with van der Waals surface area (Å²) in [6.45, 7) is 2.20. The average molecular weight is 185 g/mol. The largest absolute Gasteiger partial charge is 0.392 e. The second-order valence-corrected chi connectivity index (χ2v) is 3.26. The molecule has 1 rings (SSSR count). The Hall–Kier alpha value is -0.530. The van der Waals surface area contributed by atoms with Crippen LogP contribution in [0.5, 0.6) is 0 Å². The van der Waals surface area contributed by atoms with Crippen LogP contribution in [0.3, 0.4) is 0 Å². The van der Waals surface area contributed by atoms with Gasteiger partial charge in [0.25, 0.3) is 0 Å². The highest BCUT2D eigenvalue weighted by molar-refractivity contribution is 6.30. The molecule has 1 aromatic carbocycles. The van der Waals surface area contributed by atoms with Gasteiger partial charge in [0.15, 0.2) is 0 Å². The lowest BCUT2D eigenvalue weighted by atomic mass is 10.0. The van der Waals surface area contributed by atoms with E-state index < -0.39 is 0 Å². The Morgan fingerprint density at radius 2 is 2.08 bits per heavy atom. The van der Waals surface area contributed by atoms with Crippen LogP contribution >= 0.6 is 11.6 Å². The van der Waals surface area contributed by atoms with Gasteiger partial charge in [-0.05, 0) is 29.7 Å². The van der Waals surface area contributed by atoms with Crippen LogP contribution in [-0.4, -0.2) is 5.11 Å². The molecule has 0 spiro atoms.